The molecule has 4 heteroatoms. The number of nitrogens with one attached hydrogen (secondary N) is 1. The van der Waals surface area contributed by atoms with E-state index in [1.54, 1.807) is 13.3 Å². The Hall–Kier alpha value is -1.84. The molecule has 0 aliphatic heterocycles. The highest BCUT2D eigenvalue weighted by Crippen LogP contribution is 2.09. The van der Waals surface area contributed by atoms with Gasteiger partial charge < -0.3 is 4.74 Å². The Morgan fingerprint density at radius 2 is 1.90 bits per heavy atom. The molecule has 1 aromatic rings. The van der Waals surface area contributed by atoms with Crippen molar-refractivity contribution in [2.75, 3.05) is 7.11 Å². The van der Waals surface area contributed by atoms with Crippen LogP contribution in [0.15, 0.2) is 29.4 Å². The summed E-state index contributed by atoms with van der Waals surface area (Å²) in [5, 5.41) is 3.95. The summed E-state index contributed by atoms with van der Waals surface area (Å²) in [4.78, 5) is 11.5. The maximum Gasteiger partial charge on any atom is 0.240 e. The van der Waals surface area contributed by atoms with Gasteiger partial charge in [0.1, 0.15) is 5.75 Å². The highest BCUT2D eigenvalue weighted by atomic mass is 16.5. The minimum atomic E-state index is -0.0220. The largest absolute Gasteiger partial charge is 0.497 e. The summed E-state index contributed by atoms with van der Waals surface area (Å²) in [6.45, 7) is 2.18. The molecular weight excluding hydrogens is 252 g/mol. The van der Waals surface area contributed by atoms with Crippen molar-refractivity contribution in [2.45, 2.75) is 45.4 Å². The highest BCUT2D eigenvalue weighted by molar-refractivity contribution is 5.82. The van der Waals surface area contributed by atoms with Crippen LogP contribution in [0.25, 0.3) is 0 Å². The lowest BCUT2D eigenvalue weighted by Gasteiger charge is -2.01. The Labute approximate surface area is 121 Å². The van der Waals surface area contributed by atoms with Gasteiger partial charge in [0.25, 0.3) is 0 Å². The summed E-state index contributed by atoms with van der Waals surface area (Å²) in [7, 11) is 1.63. The summed E-state index contributed by atoms with van der Waals surface area (Å²) < 4.78 is 5.07. The van der Waals surface area contributed by atoms with Crippen molar-refractivity contribution in [1.82, 2.24) is 5.43 Å². The molecule has 0 fully saturated rings. The topological polar surface area (TPSA) is 50.7 Å². The molecule has 1 amide bonds. The van der Waals surface area contributed by atoms with E-state index in [0.717, 1.165) is 24.2 Å². The minimum absolute atomic E-state index is 0.0220. The molecular formula is C16H24N2O2. The monoisotopic (exact) mass is 276 g/mol. The van der Waals surface area contributed by atoms with Gasteiger partial charge in [-0.2, -0.15) is 5.10 Å². The van der Waals surface area contributed by atoms with Crippen molar-refractivity contribution in [1.29, 1.82) is 0 Å². The van der Waals surface area contributed by atoms with Gasteiger partial charge in [-0.1, -0.05) is 32.6 Å². The molecule has 0 aliphatic rings. The second kappa shape index (κ2) is 10.0. The van der Waals surface area contributed by atoms with Crippen LogP contribution in [-0.4, -0.2) is 19.2 Å². The quantitative estimate of drug-likeness (QED) is 0.426. The van der Waals surface area contributed by atoms with Gasteiger partial charge in [0.05, 0.1) is 13.3 Å². The van der Waals surface area contributed by atoms with E-state index in [4.69, 9.17) is 4.74 Å². The molecule has 0 saturated carbocycles. The third-order valence-electron chi connectivity index (χ3n) is 3.03. The molecule has 0 unspecified atom stereocenters. The van der Waals surface area contributed by atoms with Crippen molar-refractivity contribution in [3.8, 4) is 5.75 Å². The van der Waals surface area contributed by atoms with E-state index in [0.29, 0.717) is 6.42 Å². The fourth-order valence-electron chi connectivity index (χ4n) is 1.81. The summed E-state index contributed by atoms with van der Waals surface area (Å²) in [5.74, 6) is 0.782. The van der Waals surface area contributed by atoms with Crippen LogP contribution in [0.4, 0.5) is 0 Å². The minimum Gasteiger partial charge on any atom is -0.497 e. The Morgan fingerprint density at radius 3 is 2.55 bits per heavy atom. The van der Waals surface area contributed by atoms with Crippen molar-refractivity contribution in [2.24, 2.45) is 5.10 Å². The number of hydrazone groups is 1. The molecule has 0 spiro atoms. The number of unbranched alkanes of at least 4 members (excludes halogenated alkanes) is 4. The Balaban J connectivity index is 2.20. The number of nitrogens with zero attached hydrogens (tertiary/aromatic N) is 1. The Morgan fingerprint density at radius 1 is 1.20 bits per heavy atom. The predicted molar refractivity (Wildman–Crippen MR) is 82.1 cm³/mol. The lowest BCUT2D eigenvalue weighted by molar-refractivity contribution is -0.121. The molecule has 0 atom stereocenters. The normalized spacial score (nSPS) is 10.7. The van der Waals surface area contributed by atoms with Crippen LogP contribution in [0.5, 0.6) is 5.75 Å². The molecule has 1 N–H and O–H groups in total. The molecule has 1 aromatic carbocycles. The van der Waals surface area contributed by atoms with Crippen LogP contribution >= 0.6 is 0 Å². The van der Waals surface area contributed by atoms with Gasteiger partial charge >= 0.3 is 0 Å². The number of ether oxygens (including phenoxy) is 1. The number of amides is 1. The average Bonchev–Trinajstić information content (AvgIpc) is 2.48. The zero-order chi connectivity index (χ0) is 14.6. The number of benzene rings is 1. The molecule has 20 heavy (non-hydrogen) atoms. The third-order valence-corrected chi connectivity index (χ3v) is 3.03. The van der Waals surface area contributed by atoms with E-state index in [1.807, 2.05) is 24.3 Å². The second-order valence-corrected chi connectivity index (χ2v) is 4.73. The van der Waals surface area contributed by atoms with Crippen LogP contribution in [0.1, 0.15) is 51.0 Å². The fraction of sp³-hybridized carbons (Fsp3) is 0.500. The van der Waals surface area contributed by atoms with Gasteiger partial charge in [-0.05, 0) is 36.2 Å². The molecule has 1 rings (SSSR count). The zero-order valence-corrected chi connectivity index (χ0v) is 12.4. The SMILES string of the molecule is CCCCCCCC(=O)N/N=C/c1ccc(OC)cc1. The molecule has 110 valence electrons. The maximum absolute atomic E-state index is 11.5. The highest BCUT2D eigenvalue weighted by Gasteiger charge is 1.98. The number of methoxy groups -OCH3 is 1. The van der Waals surface area contributed by atoms with Crippen LogP contribution < -0.4 is 10.2 Å². The van der Waals surface area contributed by atoms with Crippen molar-refractivity contribution >= 4 is 12.1 Å². The number of carbonyl (C=O) groups excluding carboxylic acids is 1. The van der Waals surface area contributed by atoms with Crippen LogP contribution in [-0.2, 0) is 4.79 Å². The number of hydrogen-bond donors (Lipinski definition) is 1. The van der Waals surface area contributed by atoms with Crippen molar-refractivity contribution < 1.29 is 9.53 Å². The summed E-state index contributed by atoms with van der Waals surface area (Å²) in [6.07, 6.45) is 7.90. The van der Waals surface area contributed by atoms with Crippen molar-refractivity contribution in [3.63, 3.8) is 0 Å². The third kappa shape index (κ3) is 6.92. The van der Waals surface area contributed by atoms with Crippen LogP contribution in [0.3, 0.4) is 0 Å². The molecule has 0 saturated heterocycles. The van der Waals surface area contributed by atoms with E-state index >= 15 is 0 Å². The fourth-order valence-corrected chi connectivity index (χ4v) is 1.81. The lowest BCUT2D eigenvalue weighted by atomic mass is 10.1. The first-order chi connectivity index (χ1) is 9.76. The molecule has 0 aromatic heterocycles. The van der Waals surface area contributed by atoms with E-state index in [1.165, 1.54) is 19.3 Å². The van der Waals surface area contributed by atoms with E-state index in [9.17, 15) is 4.79 Å². The van der Waals surface area contributed by atoms with E-state index in [2.05, 4.69) is 17.5 Å². The van der Waals surface area contributed by atoms with E-state index < -0.39 is 0 Å². The molecule has 0 aliphatic carbocycles. The Bertz CT molecular complexity index is 413. The smallest absolute Gasteiger partial charge is 0.240 e. The molecule has 0 bridgehead atoms. The van der Waals surface area contributed by atoms with Crippen molar-refractivity contribution in [3.05, 3.63) is 29.8 Å². The molecule has 0 heterocycles. The first kappa shape index (κ1) is 16.2. The second-order valence-electron chi connectivity index (χ2n) is 4.73. The average molecular weight is 276 g/mol. The Kier molecular flexibility index (Phi) is 8.11. The van der Waals surface area contributed by atoms with E-state index in [-0.39, 0.29) is 5.91 Å². The van der Waals surface area contributed by atoms with Gasteiger partial charge in [0.15, 0.2) is 0 Å². The number of carbonyl (C=O) groups is 1. The number of rotatable bonds is 9. The van der Waals surface area contributed by atoms with Gasteiger partial charge in [-0.15, -0.1) is 0 Å². The summed E-state index contributed by atoms with van der Waals surface area (Å²) >= 11 is 0. The van der Waals surface area contributed by atoms with Gasteiger partial charge in [-0.25, -0.2) is 5.43 Å². The summed E-state index contributed by atoms with van der Waals surface area (Å²) in [5.41, 5.74) is 3.47. The van der Waals surface area contributed by atoms with Gasteiger partial charge in [-0.3, -0.25) is 4.79 Å². The van der Waals surface area contributed by atoms with Gasteiger partial charge in [0, 0.05) is 6.42 Å². The summed E-state index contributed by atoms with van der Waals surface area (Å²) in [6, 6.07) is 7.49. The number of hydrogen-bond acceptors (Lipinski definition) is 3. The van der Waals surface area contributed by atoms with Crippen LogP contribution in [0, 0.1) is 0 Å². The standard InChI is InChI=1S/C16H24N2O2/c1-3-4-5-6-7-8-16(19)18-17-13-14-9-11-15(20-2)12-10-14/h9-13H,3-8H2,1-2H3,(H,18,19)/b17-13+. The maximum atomic E-state index is 11.5. The first-order valence-corrected chi connectivity index (χ1v) is 7.22. The van der Waals surface area contributed by atoms with Gasteiger partial charge in [0.2, 0.25) is 5.91 Å². The molecule has 0 radical (unpaired) electrons. The zero-order valence-electron chi connectivity index (χ0n) is 12.4. The van der Waals surface area contributed by atoms with Crippen LogP contribution in [0.2, 0.25) is 0 Å². The lowest BCUT2D eigenvalue weighted by Crippen LogP contribution is -2.16. The molecule has 4 nitrogen and oxygen atoms in total. The predicted octanol–water partition coefficient (Wildman–Crippen LogP) is 3.51. The first-order valence-electron chi connectivity index (χ1n) is 7.22.